The Hall–Kier alpha value is -3.74. The quantitative estimate of drug-likeness (QED) is 0.473. The second-order valence-electron chi connectivity index (χ2n) is 8.01. The van der Waals surface area contributed by atoms with E-state index in [0.717, 1.165) is 34.9 Å². The molecule has 0 saturated carbocycles. The first-order valence-corrected chi connectivity index (χ1v) is 10.8. The van der Waals surface area contributed by atoms with Crippen LogP contribution in [0.25, 0.3) is 22.4 Å². The lowest BCUT2D eigenvalue weighted by Gasteiger charge is -2.30. The minimum absolute atomic E-state index is 0.128. The number of hydrogen-bond donors (Lipinski definition) is 0. The average Bonchev–Trinajstić information content (AvgIpc) is 3.34. The van der Waals surface area contributed by atoms with Crippen LogP contribution in [-0.2, 0) is 11.2 Å². The zero-order valence-corrected chi connectivity index (χ0v) is 17.9. The molecule has 1 aliphatic rings. The van der Waals surface area contributed by atoms with E-state index >= 15 is 0 Å². The molecule has 0 spiro atoms. The monoisotopic (exact) mass is 428 g/mol. The molecule has 2 aromatic heterocycles. The lowest BCUT2D eigenvalue weighted by molar-refractivity contribution is -0.131. The van der Waals surface area contributed by atoms with Crippen LogP contribution < -0.4 is 4.74 Å². The lowest BCUT2D eigenvalue weighted by atomic mass is 9.96. The number of piperidine rings is 1. The highest BCUT2D eigenvalue weighted by atomic mass is 16.5. The van der Waals surface area contributed by atoms with Gasteiger partial charge in [-0.25, -0.2) is 0 Å². The number of fused-ring (bicyclic) bond motifs is 1. The maximum atomic E-state index is 12.7. The van der Waals surface area contributed by atoms with Crippen molar-refractivity contribution in [2.75, 3.05) is 20.2 Å². The number of rotatable bonds is 5. The van der Waals surface area contributed by atoms with Crippen LogP contribution in [0.5, 0.6) is 5.75 Å². The zero-order chi connectivity index (χ0) is 21.9. The predicted octanol–water partition coefficient (Wildman–Crippen LogP) is 4.24. The highest BCUT2D eigenvalue weighted by molar-refractivity contribution is 5.92. The predicted molar refractivity (Wildman–Crippen MR) is 120 cm³/mol. The van der Waals surface area contributed by atoms with Crippen LogP contribution >= 0.6 is 0 Å². The summed E-state index contributed by atoms with van der Waals surface area (Å²) in [6.07, 6.45) is 3.73. The van der Waals surface area contributed by atoms with Gasteiger partial charge in [-0.15, -0.1) is 10.2 Å². The lowest BCUT2D eigenvalue weighted by Crippen LogP contribution is -2.38. The van der Waals surface area contributed by atoms with Crippen molar-refractivity contribution in [3.8, 4) is 17.3 Å². The van der Waals surface area contributed by atoms with Gasteiger partial charge in [-0.3, -0.25) is 9.78 Å². The fourth-order valence-corrected chi connectivity index (χ4v) is 4.23. The topological polar surface area (TPSA) is 81.4 Å². The third kappa shape index (κ3) is 4.06. The van der Waals surface area contributed by atoms with Crippen molar-refractivity contribution in [2.45, 2.75) is 25.2 Å². The van der Waals surface area contributed by atoms with E-state index in [2.05, 4.69) is 15.2 Å². The summed E-state index contributed by atoms with van der Waals surface area (Å²) < 4.78 is 11.3. The summed E-state index contributed by atoms with van der Waals surface area (Å²) in [6.45, 7) is 1.36. The van der Waals surface area contributed by atoms with E-state index in [9.17, 15) is 4.79 Å². The second-order valence-corrected chi connectivity index (χ2v) is 8.01. The zero-order valence-electron chi connectivity index (χ0n) is 17.9. The Morgan fingerprint density at radius 2 is 1.94 bits per heavy atom. The Balaban J connectivity index is 1.24. The maximum Gasteiger partial charge on any atom is 0.266 e. The molecule has 32 heavy (non-hydrogen) atoms. The van der Waals surface area contributed by atoms with E-state index in [1.807, 2.05) is 59.5 Å². The number of ether oxygens (including phenoxy) is 1. The van der Waals surface area contributed by atoms with E-state index in [1.165, 1.54) is 0 Å². The maximum absolute atomic E-state index is 12.7. The van der Waals surface area contributed by atoms with Gasteiger partial charge in [-0.1, -0.05) is 36.4 Å². The standard InChI is InChI=1S/C25H24N4O3/c1-31-20-7-4-5-17(15-20)16-22(30)29-13-10-19(11-14-29)24-27-28-25(32-24)23-21-8-3-2-6-18(21)9-12-26-23/h2-9,12,15,19H,10-11,13-14,16H2,1H3. The van der Waals surface area contributed by atoms with E-state index in [4.69, 9.17) is 9.15 Å². The number of nitrogens with zero attached hydrogens (tertiary/aromatic N) is 4. The molecule has 3 heterocycles. The number of aromatic nitrogens is 3. The smallest absolute Gasteiger partial charge is 0.266 e. The van der Waals surface area contributed by atoms with Crippen LogP contribution in [0.2, 0.25) is 0 Å². The van der Waals surface area contributed by atoms with Crippen molar-refractivity contribution in [2.24, 2.45) is 0 Å². The van der Waals surface area contributed by atoms with Crippen molar-refractivity contribution in [1.82, 2.24) is 20.1 Å². The molecule has 4 aromatic rings. The van der Waals surface area contributed by atoms with Crippen LogP contribution in [0.1, 0.15) is 30.2 Å². The summed E-state index contributed by atoms with van der Waals surface area (Å²) in [6, 6.07) is 17.6. The number of amides is 1. The first-order valence-electron chi connectivity index (χ1n) is 10.8. The summed E-state index contributed by atoms with van der Waals surface area (Å²) in [4.78, 5) is 19.1. The highest BCUT2D eigenvalue weighted by Crippen LogP contribution is 2.31. The highest BCUT2D eigenvalue weighted by Gasteiger charge is 2.28. The van der Waals surface area contributed by atoms with E-state index in [0.29, 0.717) is 37.0 Å². The molecule has 162 valence electrons. The molecule has 2 aromatic carbocycles. The average molecular weight is 428 g/mol. The molecule has 0 aliphatic carbocycles. The van der Waals surface area contributed by atoms with Crippen LogP contribution in [-0.4, -0.2) is 46.2 Å². The minimum atomic E-state index is 0.128. The Kier molecular flexibility index (Phi) is 5.54. The van der Waals surface area contributed by atoms with Crippen molar-refractivity contribution < 1.29 is 13.9 Å². The van der Waals surface area contributed by atoms with Gasteiger partial charge in [-0.2, -0.15) is 0 Å². The van der Waals surface area contributed by atoms with Gasteiger partial charge in [0.25, 0.3) is 5.89 Å². The molecule has 0 unspecified atom stereocenters. The van der Waals surface area contributed by atoms with Crippen LogP contribution in [0.4, 0.5) is 0 Å². The van der Waals surface area contributed by atoms with Gasteiger partial charge in [0.1, 0.15) is 11.4 Å². The van der Waals surface area contributed by atoms with Gasteiger partial charge in [0.05, 0.1) is 13.5 Å². The third-order valence-electron chi connectivity index (χ3n) is 6.00. The molecule has 0 bridgehead atoms. The number of carbonyl (C=O) groups is 1. The Morgan fingerprint density at radius 1 is 1.09 bits per heavy atom. The van der Waals surface area contributed by atoms with Gasteiger partial charge in [0.2, 0.25) is 11.8 Å². The second kappa shape index (κ2) is 8.78. The number of likely N-dealkylation sites (tertiary alicyclic amines) is 1. The molecule has 0 N–H and O–H groups in total. The summed E-state index contributed by atoms with van der Waals surface area (Å²) in [5.41, 5.74) is 1.66. The van der Waals surface area contributed by atoms with Gasteiger partial charge in [-0.05, 0) is 42.0 Å². The summed E-state index contributed by atoms with van der Waals surface area (Å²) in [5.74, 6) is 2.10. The molecule has 1 aliphatic heterocycles. The largest absolute Gasteiger partial charge is 0.497 e. The third-order valence-corrected chi connectivity index (χ3v) is 6.00. The van der Waals surface area contributed by atoms with Gasteiger partial charge in [0, 0.05) is 30.6 Å². The number of hydrogen-bond acceptors (Lipinski definition) is 6. The molecular formula is C25H24N4O3. The van der Waals surface area contributed by atoms with Gasteiger partial charge in [0.15, 0.2) is 0 Å². The van der Waals surface area contributed by atoms with E-state index < -0.39 is 0 Å². The minimum Gasteiger partial charge on any atom is -0.497 e. The Bertz CT molecular complexity index is 1240. The first kappa shape index (κ1) is 20.2. The van der Waals surface area contributed by atoms with Crippen molar-refractivity contribution >= 4 is 16.7 Å². The molecule has 1 fully saturated rings. The molecular weight excluding hydrogens is 404 g/mol. The van der Waals surface area contributed by atoms with Crippen molar-refractivity contribution in [3.63, 3.8) is 0 Å². The molecule has 7 nitrogen and oxygen atoms in total. The van der Waals surface area contributed by atoms with Crippen molar-refractivity contribution in [3.05, 3.63) is 72.2 Å². The van der Waals surface area contributed by atoms with Crippen LogP contribution in [0.15, 0.2) is 65.2 Å². The SMILES string of the molecule is COc1cccc(CC(=O)N2CCC(c3nnc(-c4nccc5ccccc45)o3)CC2)c1. The number of carbonyl (C=O) groups excluding carboxylic acids is 1. The Labute approximate surface area is 186 Å². The summed E-state index contributed by atoms with van der Waals surface area (Å²) in [7, 11) is 1.63. The number of benzene rings is 2. The molecule has 0 atom stereocenters. The van der Waals surface area contributed by atoms with E-state index in [1.54, 1.807) is 13.3 Å². The number of methoxy groups -OCH3 is 1. The fourth-order valence-electron chi connectivity index (χ4n) is 4.23. The first-order chi connectivity index (χ1) is 15.7. The summed E-state index contributed by atoms with van der Waals surface area (Å²) in [5, 5.41) is 10.6. The molecule has 7 heteroatoms. The normalized spacial score (nSPS) is 14.6. The Morgan fingerprint density at radius 3 is 2.78 bits per heavy atom. The van der Waals surface area contributed by atoms with Gasteiger partial charge < -0.3 is 14.1 Å². The molecule has 5 rings (SSSR count). The van der Waals surface area contributed by atoms with Crippen LogP contribution in [0, 0.1) is 0 Å². The summed E-state index contributed by atoms with van der Waals surface area (Å²) >= 11 is 0. The van der Waals surface area contributed by atoms with E-state index in [-0.39, 0.29) is 11.8 Å². The fraction of sp³-hybridized carbons (Fsp3) is 0.280. The van der Waals surface area contributed by atoms with Gasteiger partial charge >= 0.3 is 0 Å². The molecule has 1 saturated heterocycles. The molecule has 0 radical (unpaired) electrons. The number of pyridine rings is 1. The molecule has 1 amide bonds. The van der Waals surface area contributed by atoms with Crippen LogP contribution in [0.3, 0.4) is 0 Å². The van der Waals surface area contributed by atoms with Crippen molar-refractivity contribution in [1.29, 1.82) is 0 Å².